The molecular formula is C35H58N4O19. The van der Waals surface area contributed by atoms with Crippen LogP contribution in [0.3, 0.4) is 0 Å². The van der Waals surface area contributed by atoms with Crippen LogP contribution in [0.4, 0.5) is 0 Å². The predicted molar refractivity (Wildman–Crippen MR) is 190 cm³/mol. The minimum Gasteiger partial charge on any atom is -0.469 e. The van der Waals surface area contributed by atoms with Crippen LogP contribution in [0.2, 0.25) is 0 Å². The summed E-state index contributed by atoms with van der Waals surface area (Å²) >= 11 is 0. The molecule has 23 heteroatoms. The Hall–Kier alpha value is -3.17. The van der Waals surface area contributed by atoms with E-state index in [4.69, 9.17) is 37.9 Å². The topological polar surface area (TPSA) is 318 Å². The van der Waals surface area contributed by atoms with Crippen LogP contribution in [-0.2, 0) is 66.6 Å². The van der Waals surface area contributed by atoms with Crippen molar-refractivity contribution >= 4 is 31.6 Å². The van der Waals surface area contributed by atoms with Gasteiger partial charge in [-0.25, -0.2) is 0 Å². The lowest BCUT2D eigenvalue weighted by Crippen LogP contribution is -2.70. The lowest BCUT2D eigenvalue weighted by molar-refractivity contribution is -0.377. The smallest absolute Gasteiger partial charge is 0.305 e. The zero-order chi connectivity index (χ0) is 42.7. The first kappa shape index (κ1) is 47.5. The van der Waals surface area contributed by atoms with E-state index in [2.05, 4.69) is 26.0 Å². The maximum absolute atomic E-state index is 11.8. The van der Waals surface area contributed by atoms with Crippen molar-refractivity contribution in [3.63, 3.8) is 0 Å². The van der Waals surface area contributed by atoms with E-state index in [0.717, 1.165) is 0 Å². The third-order valence-corrected chi connectivity index (χ3v) is 10.8. The van der Waals surface area contributed by atoms with Crippen molar-refractivity contribution in [2.45, 2.75) is 176 Å². The summed E-state index contributed by atoms with van der Waals surface area (Å²) in [4.78, 5) is 57.3. The van der Waals surface area contributed by atoms with Crippen molar-refractivity contribution in [3.05, 3.63) is 0 Å². The maximum atomic E-state index is 11.8. The second-order valence-electron chi connectivity index (χ2n) is 14.6. The van der Waals surface area contributed by atoms with Crippen LogP contribution in [0.1, 0.15) is 53.4 Å². The molecule has 0 aromatic heterocycles. The summed E-state index contributed by atoms with van der Waals surface area (Å²) in [5.41, 5.74) is 0. The number of amides is 4. The van der Waals surface area contributed by atoms with Gasteiger partial charge in [-0.05, 0) is 40.5 Å². The number of carbonyl (C=O) groups excluding carboxylic acids is 5. The van der Waals surface area contributed by atoms with Crippen molar-refractivity contribution in [1.82, 2.24) is 21.3 Å². The summed E-state index contributed by atoms with van der Waals surface area (Å²) in [6.45, 7) is 6.26. The number of carbonyl (C=O) groups is 5. The molecule has 4 aliphatic heterocycles. The fraction of sp³-hybridized carbons (Fsp3) is 0.857. The first-order valence-electron chi connectivity index (χ1n) is 19.2. The Kier molecular flexibility index (Phi) is 18.4. The van der Waals surface area contributed by atoms with Gasteiger partial charge in [-0.15, -0.1) is 0 Å². The van der Waals surface area contributed by atoms with Gasteiger partial charge in [0.05, 0.1) is 55.7 Å². The van der Waals surface area contributed by atoms with E-state index in [-0.39, 0.29) is 19.0 Å². The molecule has 0 aromatic rings. The molecule has 0 saturated carbocycles. The summed E-state index contributed by atoms with van der Waals surface area (Å²) in [5.74, 6) is -0.346. The number of hydrogen-bond acceptors (Lipinski definition) is 19. The largest absolute Gasteiger partial charge is 0.469 e. The molecule has 8 unspecified atom stereocenters. The van der Waals surface area contributed by atoms with Crippen LogP contribution >= 0.6 is 0 Å². The molecule has 4 fully saturated rings. The zero-order valence-corrected chi connectivity index (χ0v) is 32.8. The third-order valence-electron chi connectivity index (χ3n) is 10.8. The van der Waals surface area contributed by atoms with Crippen molar-refractivity contribution < 1.29 is 92.1 Å². The van der Waals surface area contributed by atoms with E-state index in [0.29, 0.717) is 44.9 Å². The lowest BCUT2D eigenvalue weighted by atomic mass is 9.93. The molecule has 0 aliphatic carbocycles. The molecule has 0 aromatic carbocycles. The van der Waals surface area contributed by atoms with E-state index in [1.165, 1.54) is 27.9 Å². The number of aliphatic hydroxyl groups is 5. The summed E-state index contributed by atoms with van der Waals surface area (Å²) in [7, 11) is 1.30. The Balaban J connectivity index is 1.58. The molecule has 4 rings (SSSR count). The van der Waals surface area contributed by atoms with Crippen molar-refractivity contribution in [2.75, 3.05) is 13.7 Å². The number of aliphatic hydroxyl groups excluding tert-OH is 5. The number of unbranched alkanes of at least 4 members (excludes halogenated alkanes) is 2. The van der Waals surface area contributed by atoms with Crippen LogP contribution in [-0.4, -0.2) is 193 Å². The molecule has 332 valence electrons. The number of esters is 1. The fourth-order valence-electron chi connectivity index (χ4n) is 7.56. The summed E-state index contributed by atoms with van der Waals surface area (Å²) < 4.78 is 52.9. The number of ether oxygens (including phenoxy) is 9. The van der Waals surface area contributed by atoms with Crippen LogP contribution in [0, 0.1) is 0 Å². The predicted octanol–water partition coefficient (Wildman–Crippen LogP) is -4.87. The molecule has 0 spiro atoms. The van der Waals surface area contributed by atoms with Gasteiger partial charge in [0.25, 0.3) is 0 Å². The highest BCUT2D eigenvalue weighted by Gasteiger charge is 2.55. The van der Waals surface area contributed by atoms with Crippen LogP contribution in [0.5, 0.6) is 0 Å². The standard InChI is InChI=1S/C35H58N4O19/c1-15-20(36-11-40)24(45)27(48)32(52-15)58-31-26(47)22(38-13-42)17(3)55-35(31)56-29-23(39-14-43)18(4)53-33(28(29)49)57-30-25(46)21(37-12-41)16(2)54-34(30)51-10-8-6-7-9-19(44)50-5/h11-18,20-35,45-49H,6-10H2,1-5H3,(H,36,40)(H,37,41)(H,38,42)(H,39,43)/t15?,16?,17?,18?,20-,21-,22-,23-,24?,25?,26?,27-,28-,29?,30-,31-,32-,33-,34+,35-/m1/s1. The number of hydrogen-bond donors (Lipinski definition) is 9. The Morgan fingerprint density at radius 1 is 0.517 bits per heavy atom. The first-order chi connectivity index (χ1) is 27.7. The monoisotopic (exact) mass is 838 g/mol. The van der Waals surface area contributed by atoms with Gasteiger partial charge in [-0.2, -0.15) is 0 Å². The van der Waals surface area contributed by atoms with Gasteiger partial charge in [0, 0.05) is 13.0 Å². The Morgan fingerprint density at radius 3 is 1.45 bits per heavy atom. The normalized spacial score (nSPS) is 43.0. The van der Waals surface area contributed by atoms with Crippen LogP contribution in [0.25, 0.3) is 0 Å². The average molecular weight is 839 g/mol. The fourth-order valence-corrected chi connectivity index (χ4v) is 7.56. The van der Waals surface area contributed by atoms with Gasteiger partial charge in [-0.3, -0.25) is 24.0 Å². The van der Waals surface area contributed by atoms with Crippen molar-refractivity contribution in [2.24, 2.45) is 0 Å². The van der Waals surface area contributed by atoms with E-state index in [9.17, 15) is 49.5 Å². The van der Waals surface area contributed by atoms with Crippen LogP contribution in [0.15, 0.2) is 0 Å². The molecule has 58 heavy (non-hydrogen) atoms. The third kappa shape index (κ3) is 11.3. The maximum Gasteiger partial charge on any atom is 0.305 e. The first-order valence-corrected chi connectivity index (χ1v) is 19.2. The highest BCUT2D eigenvalue weighted by molar-refractivity contribution is 5.68. The van der Waals surface area contributed by atoms with E-state index >= 15 is 0 Å². The molecule has 23 nitrogen and oxygen atoms in total. The average Bonchev–Trinajstić information content (AvgIpc) is 3.19. The van der Waals surface area contributed by atoms with Gasteiger partial charge < -0.3 is 89.4 Å². The Bertz CT molecular complexity index is 1320. The van der Waals surface area contributed by atoms with Crippen molar-refractivity contribution in [3.8, 4) is 0 Å². The van der Waals surface area contributed by atoms with Gasteiger partial charge in [0.2, 0.25) is 25.6 Å². The van der Waals surface area contributed by atoms with Gasteiger partial charge >= 0.3 is 5.97 Å². The zero-order valence-electron chi connectivity index (χ0n) is 32.8. The SMILES string of the molecule is COC(=O)CCCCCO[C@H]1OC(C)[C@@H](NC=O)C(O)[C@H]1O[C@H]1OC(C)[C@@H](NC=O)C(O[C@H]2OC(C)[C@@H](NC=O)C(O)[C@H]2O[C@H]2OC(C)[C@@H](NC=O)C(O)[C@H]2O)[C@H]1O. The summed E-state index contributed by atoms with van der Waals surface area (Å²) in [5, 5.41) is 66.3. The Labute approximate surface area is 334 Å². The van der Waals surface area contributed by atoms with Gasteiger partial charge in [0.15, 0.2) is 25.2 Å². The minimum atomic E-state index is -1.80. The number of rotatable bonds is 21. The summed E-state index contributed by atoms with van der Waals surface area (Å²) in [6.07, 6.45) is -19.2. The van der Waals surface area contributed by atoms with E-state index in [1.54, 1.807) is 6.92 Å². The second kappa shape index (κ2) is 22.4. The quantitative estimate of drug-likeness (QED) is 0.0297. The number of methoxy groups -OCH3 is 1. The molecule has 4 amide bonds. The molecule has 4 aliphatic rings. The molecule has 9 N–H and O–H groups in total. The molecule has 20 atom stereocenters. The molecule has 0 bridgehead atoms. The van der Waals surface area contributed by atoms with Crippen LogP contribution < -0.4 is 21.3 Å². The molecular weight excluding hydrogens is 780 g/mol. The van der Waals surface area contributed by atoms with Crippen molar-refractivity contribution in [1.29, 1.82) is 0 Å². The lowest BCUT2D eigenvalue weighted by Gasteiger charge is -2.50. The van der Waals surface area contributed by atoms with E-state index in [1.807, 2.05) is 0 Å². The summed E-state index contributed by atoms with van der Waals surface area (Å²) in [6, 6.07) is -4.21. The molecule has 4 saturated heterocycles. The Morgan fingerprint density at radius 2 is 0.931 bits per heavy atom. The number of nitrogens with one attached hydrogen (secondary N) is 4. The highest BCUT2D eigenvalue weighted by Crippen LogP contribution is 2.35. The van der Waals surface area contributed by atoms with Gasteiger partial charge in [0.1, 0.15) is 48.8 Å². The van der Waals surface area contributed by atoms with E-state index < -0.39 is 123 Å². The second-order valence-corrected chi connectivity index (χ2v) is 14.6. The molecule has 4 heterocycles. The minimum absolute atomic E-state index is 0.114. The van der Waals surface area contributed by atoms with Gasteiger partial charge in [-0.1, -0.05) is 6.42 Å². The molecule has 0 radical (unpaired) electrons. The highest BCUT2D eigenvalue weighted by atomic mass is 16.8.